The monoisotopic (exact) mass is 274 g/mol. The number of unbranched alkanes of at least 4 members (excludes halogenated alkanes) is 1. The average Bonchev–Trinajstić information content (AvgIpc) is 2.88. The van der Waals surface area contributed by atoms with Crippen LogP contribution in [-0.4, -0.2) is 55.6 Å². The SMILES string of the molecule is CCCCS(=O)(=O)N1CCC(N2CCCCC2)C1. The molecule has 1 atom stereocenters. The van der Waals surface area contributed by atoms with Crippen molar-refractivity contribution < 1.29 is 8.42 Å². The van der Waals surface area contributed by atoms with Gasteiger partial charge in [0.1, 0.15) is 0 Å². The molecule has 0 saturated carbocycles. The van der Waals surface area contributed by atoms with E-state index in [2.05, 4.69) is 4.90 Å². The van der Waals surface area contributed by atoms with E-state index in [1.165, 1.54) is 19.3 Å². The number of nitrogens with zero attached hydrogens (tertiary/aromatic N) is 2. The molecule has 2 rings (SSSR count). The van der Waals surface area contributed by atoms with Gasteiger partial charge >= 0.3 is 0 Å². The van der Waals surface area contributed by atoms with Crippen LogP contribution in [0.5, 0.6) is 0 Å². The zero-order chi connectivity index (χ0) is 13.0. The van der Waals surface area contributed by atoms with Gasteiger partial charge in [-0.1, -0.05) is 19.8 Å². The molecule has 0 bridgehead atoms. The van der Waals surface area contributed by atoms with Crippen molar-refractivity contribution in [3.63, 3.8) is 0 Å². The van der Waals surface area contributed by atoms with Gasteiger partial charge in [-0.25, -0.2) is 12.7 Å². The number of hydrogen-bond donors (Lipinski definition) is 0. The van der Waals surface area contributed by atoms with Crippen LogP contribution in [0.3, 0.4) is 0 Å². The fourth-order valence-electron chi connectivity index (χ4n) is 3.00. The molecule has 2 aliphatic rings. The highest BCUT2D eigenvalue weighted by Crippen LogP contribution is 2.22. The molecule has 2 saturated heterocycles. The van der Waals surface area contributed by atoms with E-state index in [1.807, 2.05) is 6.92 Å². The second-order valence-electron chi connectivity index (χ2n) is 5.57. The topological polar surface area (TPSA) is 40.6 Å². The number of hydrogen-bond acceptors (Lipinski definition) is 3. The molecule has 2 heterocycles. The molecule has 106 valence electrons. The van der Waals surface area contributed by atoms with Crippen LogP contribution in [0.2, 0.25) is 0 Å². The quantitative estimate of drug-likeness (QED) is 0.766. The predicted molar refractivity (Wildman–Crippen MR) is 74.1 cm³/mol. The molecular formula is C13H26N2O2S. The first kappa shape index (κ1) is 14.3. The Morgan fingerprint density at radius 1 is 1.11 bits per heavy atom. The molecule has 0 spiro atoms. The standard InChI is InChI=1S/C13H26N2O2S/c1-2-3-11-18(16,17)15-10-7-13(12-15)14-8-5-4-6-9-14/h13H,2-12H2,1H3. The Balaban J connectivity index is 1.87. The van der Waals surface area contributed by atoms with Crippen molar-refractivity contribution in [1.82, 2.24) is 9.21 Å². The van der Waals surface area contributed by atoms with Gasteiger partial charge in [-0.3, -0.25) is 4.90 Å². The average molecular weight is 274 g/mol. The van der Waals surface area contributed by atoms with Crippen molar-refractivity contribution in [2.45, 2.75) is 51.5 Å². The molecule has 0 aromatic heterocycles. The largest absolute Gasteiger partial charge is 0.299 e. The summed E-state index contributed by atoms with van der Waals surface area (Å²) >= 11 is 0. The second-order valence-corrected chi connectivity index (χ2v) is 7.66. The Labute approximate surface area is 111 Å². The van der Waals surface area contributed by atoms with Gasteiger partial charge in [-0.2, -0.15) is 0 Å². The summed E-state index contributed by atoms with van der Waals surface area (Å²) < 4.78 is 26.0. The highest BCUT2D eigenvalue weighted by molar-refractivity contribution is 7.89. The number of likely N-dealkylation sites (tertiary alicyclic amines) is 1. The molecule has 1 unspecified atom stereocenters. The van der Waals surface area contributed by atoms with Crippen LogP contribution >= 0.6 is 0 Å². The van der Waals surface area contributed by atoms with Crippen LogP contribution in [0.15, 0.2) is 0 Å². The first-order chi connectivity index (χ1) is 8.63. The normalized spacial score (nSPS) is 27.7. The third kappa shape index (κ3) is 3.45. The molecule has 2 aliphatic heterocycles. The molecule has 0 amide bonds. The van der Waals surface area contributed by atoms with Gasteiger partial charge in [0.25, 0.3) is 0 Å². The van der Waals surface area contributed by atoms with E-state index < -0.39 is 10.0 Å². The third-order valence-electron chi connectivity index (χ3n) is 4.18. The Hall–Kier alpha value is -0.130. The van der Waals surface area contributed by atoms with Gasteiger partial charge in [0.05, 0.1) is 5.75 Å². The first-order valence-corrected chi connectivity index (χ1v) is 8.96. The fraction of sp³-hybridized carbons (Fsp3) is 1.00. The van der Waals surface area contributed by atoms with E-state index in [4.69, 9.17) is 0 Å². The lowest BCUT2D eigenvalue weighted by Gasteiger charge is -2.32. The number of rotatable bonds is 5. The summed E-state index contributed by atoms with van der Waals surface area (Å²) in [7, 11) is -2.99. The van der Waals surface area contributed by atoms with Crippen LogP contribution in [0, 0.1) is 0 Å². The maximum Gasteiger partial charge on any atom is 0.214 e. The van der Waals surface area contributed by atoms with Crippen LogP contribution in [0.1, 0.15) is 45.4 Å². The Kier molecular flexibility index (Phi) is 5.04. The molecule has 0 aromatic rings. The number of sulfonamides is 1. The summed E-state index contributed by atoms with van der Waals surface area (Å²) in [5, 5.41) is 0. The van der Waals surface area contributed by atoms with E-state index in [0.717, 1.165) is 45.4 Å². The summed E-state index contributed by atoms with van der Waals surface area (Å²) in [4.78, 5) is 2.50. The zero-order valence-electron chi connectivity index (χ0n) is 11.5. The third-order valence-corrected chi connectivity index (χ3v) is 6.11. The van der Waals surface area contributed by atoms with E-state index in [-0.39, 0.29) is 0 Å². The van der Waals surface area contributed by atoms with Crippen molar-refractivity contribution in [3.05, 3.63) is 0 Å². The lowest BCUT2D eigenvalue weighted by molar-refractivity contribution is 0.169. The van der Waals surface area contributed by atoms with Crippen LogP contribution in [-0.2, 0) is 10.0 Å². The minimum Gasteiger partial charge on any atom is -0.299 e. The fourth-order valence-corrected chi connectivity index (χ4v) is 4.70. The van der Waals surface area contributed by atoms with E-state index in [0.29, 0.717) is 11.8 Å². The van der Waals surface area contributed by atoms with Crippen molar-refractivity contribution >= 4 is 10.0 Å². The van der Waals surface area contributed by atoms with E-state index in [1.54, 1.807) is 4.31 Å². The van der Waals surface area contributed by atoms with Crippen molar-refractivity contribution in [2.24, 2.45) is 0 Å². The Bertz CT molecular complexity index is 350. The van der Waals surface area contributed by atoms with Gasteiger partial charge in [-0.15, -0.1) is 0 Å². The predicted octanol–water partition coefficient (Wildman–Crippen LogP) is 1.68. The summed E-state index contributed by atoms with van der Waals surface area (Å²) in [6, 6.07) is 0.474. The summed E-state index contributed by atoms with van der Waals surface area (Å²) in [5.74, 6) is 0.330. The molecule has 5 heteroatoms. The highest BCUT2D eigenvalue weighted by Gasteiger charge is 2.34. The van der Waals surface area contributed by atoms with Crippen molar-refractivity contribution in [3.8, 4) is 0 Å². The van der Waals surface area contributed by atoms with Crippen LogP contribution in [0.4, 0.5) is 0 Å². The summed E-state index contributed by atoms with van der Waals surface area (Å²) in [6.07, 6.45) is 6.64. The van der Waals surface area contributed by atoms with Gasteiger partial charge in [-0.05, 0) is 38.8 Å². The first-order valence-electron chi connectivity index (χ1n) is 7.35. The Morgan fingerprint density at radius 3 is 2.50 bits per heavy atom. The lowest BCUT2D eigenvalue weighted by Crippen LogP contribution is -2.42. The van der Waals surface area contributed by atoms with Gasteiger partial charge < -0.3 is 0 Å². The molecule has 4 nitrogen and oxygen atoms in total. The molecule has 0 aliphatic carbocycles. The van der Waals surface area contributed by atoms with Gasteiger partial charge in [0.2, 0.25) is 10.0 Å². The maximum atomic E-state index is 12.1. The summed E-state index contributed by atoms with van der Waals surface area (Å²) in [5.41, 5.74) is 0. The second kappa shape index (κ2) is 6.35. The van der Waals surface area contributed by atoms with E-state index in [9.17, 15) is 8.42 Å². The maximum absolute atomic E-state index is 12.1. The molecule has 0 aromatic carbocycles. The van der Waals surface area contributed by atoms with E-state index >= 15 is 0 Å². The number of piperidine rings is 1. The highest BCUT2D eigenvalue weighted by atomic mass is 32.2. The van der Waals surface area contributed by atoms with Crippen LogP contribution < -0.4 is 0 Å². The van der Waals surface area contributed by atoms with Gasteiger partial charge in [0.15, 0.2) is 0 Å². The van der Waals surface area contributed by atoms with Gasteiger partial charge in [0, 0.05) is 19.1 Å². The van der Waals surface area contributed by atoms with Crippen LogP contribution in [0.25, 0.3) is 0 Å². The minimum atomic E-state index is -2.99. The van der Waals surface area contributed by atoms with Crippen molar-refractivity contribution in [1.29, 1.82) is 0 Å². The summed E-state index contributed by atoms with van der Waals surface area (Å²) in [6.45, 7) is 5.82. The molecule has 0 N–H and O–H groups in total. The lowest BCUT2D eigenvalue weighted by atomic mass is 10.1. The molecule has 2 fully saturated rings. The van der Waals surface area contributed by atoms with Crippen molar-refractivity contribution in [2.75, 3.05) is 31.9 Å². The molecule has 18 heavy (non-hydrogen) atoms. The smallest absolute Gasteiger partial charge is 0.214 e. The Morgan fingerprint density at radius 2 is 1.83 bits per heavy atom. The minimum absolute atomic E-state index is 0.330. The molecule has 0 radical (unpaired) electrons. The molecular weight excluding hydrogens is 248 g/mol. The zero-order valence-corrected chi connectivity index (χ0v) is 12.3.